The quantitative estimate of drug-likeness (QED) is 0.165. The SMILES string of the molecule is CCc1cc(NC(=O)c2ccc3c(c2)nc(CN2CC=C(c4cccc(OCc5ccc(Cl)cc5F)n4)CC2)n3C)cc2c(C)[nH]nc12. The zero-order valence-electron chi connectivity index (χ0n) is 27.0. The number of aryl methyl sites for hydroxylation is 3. The summed E-state index contributed by atoms with van der Waals surface area (Å²) in [5, 5.41) is 11.9. The molecule has 0 bridgehead atoms. The van der Waals surface area contributed by atoms with Gasteiger partial charge in [-0.05, 0) is 79.4 Å². The van der Waals surface area contributed by atoms with Gasteiger partial charge in [0, 0.05) is 59.1 Å². The molecule has 2 N–H and O–H groups in total. The van der Waals surface area contributed by atoms with Crippen molar-refractivity contribution >= 4 is 50.7 Å². The predicted octanol–water partition coefficient (Wildman–Crippen LogP) is 7.63. The number of H-pyrrole nitrogens is 1. The summed E-state index contributed by atoms with van der Waals surface area (Å²) >= 11 is 5.86. The number of hydrogen-bond donors (Lipinski definition) is 2. The zero-order valence-corrected chi connectivity index (χ0v) is 27.7. The molecule has 4 heterocycles. The van der Waals surface area contributed by atoms with Gasteiger partial charge in [0.05, 0.1) is 28.8 Å². The lowest BCUT2D eigenvalue weighted by Crippen LogP contribution is -2.29. The number of halogens is 2. The van der Waals surface area contributed by atoms with E-state index in [1.165, 1.54) is 6.07 Å². The first-order chi connectivity index (χ1) is 23.2. The average molecular weight is 664 g/mol. The van der Waals surface area contributed by atoms with Crippen molar-refractivity contribution in [2.24, 2.45) is 7.05 Å². The van der Waals surface area contributed by atoms with Gasteiger partial charge < -0.3 is 14.6 Å². The molecule has 1 aliphatic heterocycles. The summed E-state index contributed by atoms with van der Waals surface area (Å²) in [6.45, 7) is 6.38. The van der Waals surface area contributed by atoms with Crippen LogP contribution < -0.4 is 10.1 Å². The van der Waals surface area contributed by atoms with E-state index < -0.39 is 5.82 Å². The largest absolute Gasteiger partial charge is 0.473 e. The molecule has 0 fully saturated rings. The van der Waals surface area contributed by atoms with E-state index in [1.807, 2.05) is 56.4 Å². The fraction of sp³-hybridized carbons (Fsp3) is 0.243. The third kappa shape index (κ3) is 6.41. The Hall–Kier alpha value is -5.06. The number of hydrogen-bond acceptors (Lipinski definition) is 6. The molecule has 7 rings (SSSR count). The lowest BCUT2D eigenvalue weighted by Gasteiger charge is -2.25. The van der Waals surface area contributed by atoms with Gasteiger partial charge in [-0.3, -0.25) is 14.8 Å². The molecule has 0 spiro atoms. The van der Waals surface area contributed by atoms with Crippen LogP contribution in [0, 0.1) is 12.7 Å². The molecule has 3 aromatic heterocycles. The Morgan fingerprint density at radius 3 is 2.75 bits per heavy atom. The van der Waals surface area contributed by atoms with Crippen LogP contribution in [0.1, 0.15) is 52.0 Å². The van der Waals surface area contributed by atoms with Gasteiger partial charge in [0.2, 0.25) is 5.88 Å². The second-order valence-electron chi connectivity index (χ2n) is 12.1. The number of amides is 1. The molecule has 0 aliphatic carbocycles. The van der Waals surface area contributed by atoms with Crippen LogP contribution >= 0.6 is 11.6 Å². The maximum atomic E-state index is 14.2. The Morgan fingerprint density at radius 2 is 1.96 bits per heavy atom. The molecule has 0 radical (unpaired) electrons. The number of ether oxygens (including phenoxy) is 1. The van der Waals surface area contributed by atoms with Gasteiger partial charge in [-0.15, -0.1) is 0 Å². The number of nitrogens with one attached hydrogen (secondary N) is 2. The second kappa shape index (κ2) is 13.2. The van der Waals surface area contributed by atoms with Crippen LogP contribution in [-0.4, -0.2) is 48.6 Å². The summed E-state index contributed by atoms with van der Waals surface area (Å²) < 4.78 is 22.0. The Labute approximate surface area is 282 Å². The average Bonchev–Trinajstić information content (AvgIpc) is 3.62. The first kappa shape index (κ1) is 31.5. The number of aromatic nitrogens is 5. The van der Waals surface area contributed by atoms with Crippen molar-refractivity contribution in [3.05, 3.63) is 118 Å². The third-order valence-electron chi connectivity index (χ3n) is 8.90. The van der Waals surface area contributed by atoms with Gasteiger partial charge in [0.25, 0.3) is 5.91 Å². The van der Waals surface area contributed by atoms with Gasteiger partial charge in [0.1, 0.15) is 18.2 Å². The number of aromatic amines is 1. The molecule has 0 saturated carbocycles. The van der Waals surface area contributed by atoms with Crippen LogP contribution in [-0.2, 0) is 26.6 Å². The standard InChI is InChI=1S/C37H35ClFN7O2/c1-4-23-16-28(19-29-22(2)43-44-36(23)29)40-37(47)25-9-11-33-32(17-25)41-34(45(33)3)20-46-14-12-24(13-15-46)31-6-5-7-35(42-31)48-21-26-8-10-27(38)18-30(26)39/h5-12,16-19H,4,13-15,20-21H2,1-3H3,(H,40,47)(H,43,44). The number of carbonyl (C=O) groups is 1. The minimum Gasteiger partial charge on any atom is -0.473 e. The predicted molar refractivity (Wildman–Crippen MR) is 187 cm³/mol. The van der Waals surface area contributed by atoms with Crippen molar-refractivity contribution in [1.82, 2.24) is 29.6 Å². The van der Waals surface area contributed by atoms with E-state index in [1.54, 1.807) is 18.2 Å². The summed E-state index contributed by atoms with van der Waals surface area (Å²) in [7, 11) is 2.01. The third-order valence-corrected chi connectivity index (χ3v) is 9.14. The number of carbonyl (C=O) groups excluding carboxylic acids is 1. The number of imidazole rings is 1. The molecular formula is C37H35ClFN7O2. The highest BCUT2D eigenvalue weighted by Gasteiger charge is 2.19. The van der Waals surface area contributed by atoms with Gasteiger partial charge in [-0.25, -0.2) is 14.4 Å². The van der Waals surface area contributed by atoms with E-state index in [2.05, 4.69) is 43.0 Å². The van der Waals surface area contributed by atoms with Crippen LogP contribution in [0.2, 0.25) is 5.02 Å². The first-order valence-corrected chi connectivity index (χ1v) is 16.3. The van der Waals surface area contributed by atoms with E-state index in [0.717, 1.165) is 81.9 Å². The Balaban J connectivity index is 1.00. The monoisotopic (exact) mass is 663 g/mol. The number of nitrogens with zero attached hydrogens (tertiary/aromatic N) is 5. The number of rotatable bonds is 9. The molecular weight excluding hydrogens is 629 g/mol. The highest BCUT2D eigenvalue weighted by Crippen LogP contribution is 2.27. The minimum absolute atomic E-state index is 0.0677. The molecule has 11 heteroatoms. The summed E-state index contributed by atoms with van der Waals surface area (Å²) in [6.07, 6.45) is 3.82. The van der Waals surface area contributed by atoms with Crippen LogP contribution in [0.5, 0.6) is 5.88 Å². The number of fused-ring (bicyclic) bond motifs is 2. The maximum absolute atomic E-state index is 14.2. The molecule has 0 atom stereocenters. The van der Waals surface area contributed by atoms with Crippen molar-refractivity contribution < 1.29 is 13.9 Å². The number of anilines is 1. The van der Waals surface area contributed by atoms with E-state index in [4.69, 9.17) is 21.3 Å². The number of benzene rings is 3. The first-order valence-electron chi connectivity index (χ1n) is 16.0. The van der Waals surface area contributed by atoms with Gasteiger partial charge in [-0.1, -0.05) is 36.7 Å². The number of pyridine rings is 1. The van der Waals surface area contributed by atoms with Crippen molar-refractivity contribution in [2.45, 2.75) is 39.8 Å². The lowest BCUT2D eigenvalue weighted by molar-refractivity contribution is 0.102. The van der Waals surface area contributed by atoms with E-state index in [0.29, 0.717) is 28.6 Å². The molecule has 9 nitrogen and oxygen atoms in total. The fourth-order valence-electron chi connectivity index (χ4n) is 6.14. The van der Waals surface area contributed by atoms with Crippen molar-refractivity contribution in [3.8, 4) is 5.88 Å². The molecule has 1 aliphatic rings. The highest BCUT2D eigenvalue weighted by molar-refractivity contribution is 6.30. The maximum Gasteiger partial charge on any atom is 0.255 e. The summed E-state index contributed by atoms with van der Waals surface area (Å²) in [6, 6.07) is 19.8. The Morgan fingerprint density at radius 1 is 1.08 bits per heavy atom. The normalized spacial score (nSPS) is 13.6. The van der Waals surface area contributed by atoms with Crippen molar-refractivity contribution in [1.29, 1.82) is 0 Å². The zero-order chi connectivity index (χ0) is 33.4. The smallest absolute Gasteiger partial charge is 0.255 e. The summed E-state index contributed by atoms with van der Waals surface area (Å²) in [5.41, 5.74) is 8.46. The van der Waals surface area contributed by atoms with Crippen molar-refractivity contribution in [3.63, 3.8) is 0 Å². The Bertz CT molecular complexity index is 2210. The van der Waals surface area contributed by atoms with E-state index in [9.17, 15) is 9.18 Å². The molecule has 3 aromatic carbocycles. The molecule has 0 unspecified atom stereocenters. The second-order valence-corrected chi connectivity index (χ2v) is 12.5. The van der Waals surface area contributed by atoms with Gasteiger partial charge >= 0.3 is 0 Å². The molecule has 0 saturated heterocycles. The highest BCUT2D eigenvalue weighted by atomic mass is 35.5. The summed E-state index contributed by atoms with van der Waals surface area (Å²) in [5.74, 6) is 0.787. The molecule has 244 valence electrons. The summed E-state index contributed by atoms with van der Waals surface area (Å²) in [4.78, 5) is 25.2. The fourth-order valence-corrected chi connectivity index (χ4v) is 6.30. The van der Waals surface area contributed by atoms with Crippen LogP contribution in [0.15, 0.2) is 72.8 Å². The van der Waals surface area contributed by atoms with E-state index >= 15 is 0 Å². The molecule has 48 heavy (non-hydrogen) atoms. The molecule has 1 amide bonds. The van der Waals surface area contributed by atoms with Crippen LogP contribution in [0.25, 0.3) is 27.5 Å². The molecule has 6 aromatic rings. The van der Waals surface area contributed by atoms with Crippen molar-refractivity contribution in [2.75, 3.05) is 18.4 Å². The minimum atomic E-state index is -0.402. The van der Waals surface area contributed by atoms with Crippen LogP contribution in [0.4, 0.5) is 10.1 Å². The Kier molecular flexibility index (Phi) is 8.68. The lowest BCUT2D eigenvalue weighted by atomic mass is 10.0. The van der Waals surface area contributed by atoms with Gasteiger partial charge in [-0.2, -0.15) is 5.10 Å². The van der Waals surface area contributed by atoms with Crippen LogP contribution in [0.3, 0.4) is 0 Å². The van der Waals surface area contributed by atoms with E-state index in [-0.39, 0.29) is 12.5 Å². The van der Waals surface area contributed by atoms with Gasteiger partial charge in [0.15, 0.2) is 0 Å². The topological polar surface area (TPSA) is 101 Å².